The Bertz CT molecular complexity index is 1260. The van der Waals surface area contributed by atoms with Crippen LogP contribution in [0, 0.1) is 6.92 Å². The fraction of sp³-hybridized carbons (Fsp3) is 0.318. The lowest BCUT2D eigenvalue weighted by Gasteiger charge is -2.17. The number of hydrogen-bond acceptors (Lipinski definition) is 6. The number of ether oxygens (including phenoxy) is 1. The van der Waals surface area contributed by atoms with Crippen molar-refractivity contribution in [3.8, 4) is 11.1 Å². The van der Waals surface area contributed by atoms with E-state index in [0.29, 0.717) is 19.0 Å². The molecule has 1 aliphatic rings. The number of fused-ring (bicyclic) bond motifs is 2. The molecular formula is C22H23BrN6O. The monoisotopic (exact) mass is 466 g/mol. The number of nitrogens with two attached hydrogens (primary N) is 1. The molecule has 1 fully saturated rings. The van der Waals surface area contributed by atoms with Gasteiger partial charge in [0.1, 0.15) is 5.82 Å². The number of aromatic nitrogens is 4. The Hall–Kier alpha value is -2.55. The van der Waals surface area contributed by atoms with Crippen molar-refractivity contribution in [1.29, 1.82) is 0 Å². The van der Waals surface area contributed by atoms with Gasteiger partial charge in [0.2, 0.25) is 0 Å². The molecule has 0 amide bonds. The molecule has 1 saturated carbocycles. The number of benzene rings is 1. The zero-order valence-electron chi connectivity index (χ0n) is 16.9. The number of nitrogens with one attached hydrogen (secondary N) is 1. The van der Waals surface area contributed by atoms with Crippen molar-refractivity contribution >= 4 is 38.3 Å². The van der Waals surface area contributed by atoms with Gasteiger partial charge in [0.25, 0.3) is 0 Å². The topological polar surface area (TPSA) is 90.4 Å². The van der Waals surface area contributed by atoms with Gasteiger partial charge in [-0.05, 0) is 53.9 Å². The number of hydrogen-bond donors (Lipinski definition) is 2. The van der Waals surface area contributed by atoms with E-state index in [1.807, 2.05) is 12.3 Å². The smallest absolute Gasteiger partial charge is 0.165 e. The summed E-state index contributed by atoms with van der Waals surface area (Å²) in [5.74, 6) is 0.532. The van der Waals surface area contributed by atoms with Gasteiger partial charge in [-0.25, -0.2) is 4.98 Å². The van der Waals surface area contributed by atoms with Gasteiger partial charge in [-0.1, -0.05) is 11.6 Å². The minimum absolute atomic E-state index is 0.0555. The highest BCUT2D eigenvalue weighted by molar-refractivity contribution is 9.10. The molecular weight excluding hydrogens is 444 g/mol. The van der Waals surface area contributed by atoms with E-state index in [4.69, 9.17) is 15.5 Å². The van der Waals surface area contributed by atoms with Crippen LogP contribution in [0.5, 0.6) is 0 Å². The van der Waals surface area contributed by atoms with Crippen LogP contribution in [-0.4, -0.2) is 38.8 Å². The molecule has 3 aromatic heterocycles. The molecule has 154 valence electrons. The van der Waals surface area contributed by atoms with Crippen LogP contribution in [-0.2, 0) is 11.3 Å². The van der Waals surface area contributed by atoms with E-state index in [1.54, 1.807) is 17.8 Å². The summed E-state index contributed by atoms with van der Waals surface area (Å²) in [6, 6.07) is 8.37. The van der Waals surface area contributed by atoms with Crippen molar-refractivity contribution in [3.63, 3.8) is 0 Å². The third-order valence-electron chi connectivity index (χ3n) is 5.74. The Morgan fingerprint density at radius 3 is 2.87 bits per heavy atom. The average molecular weight is 467 g/mol. The summed E-state index contributed by atoms with van der Waals surface area (Å²) in [5, 5.41) is 9.15. The lowest BCUT2D eigenvalue weighted by molar-refractivity contribution is 0.156. The number of methoxy groups -OCH3 is 1. The molecule has 0 unspecified atom stereocenters. The van der Waals surface area contributed by atoms with Crippen molar-refractivity contribution in [2.45, 2.75) is 31.8 Å². The van der Waals surface area contributed by atoms with E-state index >= 15 is 0 Å². The van der Waals surface area contributed by atoms with Crippen LogP contribution in [0.3, 0.4) is 0 Å². The predicted octanol–water partition coefficient (Wildman–Crippen LogP) is 3.87. The first kappa shape index (κ1) is 19.4. The van der Waals surface area contributed by atoms with Crippen LogP contribution in [0.15, 0.2) is 41.1 Å². The number of pyridine rings is 1. The van der Waals surface area contributed by atoms with Crippen molar-refractivity contribution < 1.29 is 4.74 Å². The van der Waals surface area contributed by atoms with E-state index < -0.39 is 0 Å². The molecule has 30 heavy (non-hydrogen) atoms. The summed E-state index contributed by atoms with van der Waals surface area (Å²) < 4.78 is 7.78. The van der Waals surface area contributed by atoms with Gasteiger partial charge in [-0.15, -0.1) is 0 Å². The summed E-state index contributed by atoms with van der Waals surface area (Å²) >= 11 is 3.60. The van der Waals surface area contributed by atoms with Crippen molar-refractivity contribution in [3.05, 3.63) is 52.4 Å². The van der Waals surface area contributed by atoms with Crippen molar-refractivity contribution in [2.75, 3.05) is 19.5 Å². The molecule has 8 heteroatoms. The van der Waals surface area contributed by atoms with Gasteiger partial charge in [0.05, 0.1) is 28.5 Å². The molecule has 0 radical (unpaired) electrons. The van der Waals surface area contributed by atoms with Crippen molar-refractivity contribution in [2.24, 2.45) is 0 Å². The maximum atomic E-state index is 6.38. The summed E-state index contributed by atoms with van der Waals surface area (Å²) in [5.41, 5.74) is 12.1. The number of anilines is 1. The zero-order chi connectivity index (χ0) is 20.9. The first-order chi connectivity index (χ1) is 14.5. The number of nitrogens with zero attached hydrogens (tertiary/aromatic N) is 4. The highest BCUT2D eigenvalue weighted by atomic mass is 79.9. The molecule has 1 aliphatic carbocycles. The lowest BCUT2D eigenvalue weighted by atomic mass is 10.1. The Kier molecular flexibility index (Phi) is 4.72. The van der Waals surface area contributed by atoms with E-state index in [0.717, 1.165) is 50.7 Å². The summed E-state index contributed by atoms with van der Waals surface area (Å²) in [6.07, 6.45) is 5.88. The zero-order valence-corrected chi connectivity index (χ0v) is 18.5. The van der Waals surface area contributed by atoms with Crippen LogP contribution in [0.2, 0.25) is 0 Å². The maximum absolute atomic E-state index is 6.38. The van der Waals surface area contributed by atoms with Gasteiger partial charge >= 0.3 is 0 Å². The van der Waals surface area contributed by atoms with Gasteiger partial charge in [-0.3, -0.25) is 4.98 Å². The Morgan fingerprint density at radius 2 is 2.10 bits per heavy atom. The molecule has 0 spiro atoms. The van der Waals surface area contributed by atoms with Gasteiger partial charge in [-0.2, -0.15) is 9.61 Å². The van der Waals surface area contributed by atoms with E-state index in [1.165, 1.54) is 5.56 Å². The minimum atomic E-state index is 0.0555. The average Bonchev–Trinajstić information content (AvgIpc) is 3.37. The van der Waals surface area contributed by atoms with Crippen LogP contribution >= 0.6 is 15.9 Å². The van der Waals surface area contributed by atoms with Crippen LogP contribution in [0.1, 0.15) is 24.1 Å². The lowest BCUT2D eigenvalue weighted by Crippen LogP contribution is -2.35. The number of nitrogen functional groups attached to an aromatic ring is 1. The SMILES string of the molecule is COCC1(NCc2nc3c(-c4cnc5ccc(C)cc5c4)cnn3c(N)c2Br)CC1. The Morgan fingerprint density at radius 1 is 1.27 bits per heavy atom. The highest BCUT2D eigenvalue weighted by Gasteiger charge is 2.42. The molecule has 7 nitrogen and oxygen atoms in total. The third-order valence-corrected chi connectivity index (χ3v) is 6.61. The van der Waals surface area contributed by atoms with Gasteiger partial charge in [0, 0.05) is 41.9 Å². The molecule has 0 atom stereocenters. The summed E-state index contributed by atoms with van der Waals surface area (Å²) in [6.45, 7) is 3.38. The van der Waals surface area contributed by atoms with Crippen LogP contribution in [0.25, 0.3) is 27.7 Å². The Balaban J connectivity index is 1.56. The molecule has 0 bridgehead atoms. The maximum Gasteiger partial charge on any atom is 0.165 e. The van der Waals surface area contributed by atoms with E-state index in [2.05, 4.69) is 56.5 Å². The van der Waals surface area contributed by atoms with Gasteiger partial charge < -0.3 is 15.8 Å². The van der Waals surface area contributed by atoms with E-state index in [9.17, 15) is 0 Å². The predicted molar refractivity (Wildman–Crippen MR) is 121 cm³/mol. The number of halogens is 1. The quantitative estimate of drug-likeness (QED) is 0.448. The second kappa shape index (κ2) is 7.30. The van der Waals surface area contributed by atoms with Crippen LogP contribution in [0.4, 0.5) is 5.82 Å². The van der Waals surface area contributed by atoms with Gasteiger partial charge in [0.15, 0.2) is 5.65 Å². The molecule has 5 rings (SSSR count). The normalized spacial score (nSPS) is 15.2. The van der Waals surface area contributed by atoms with Crippen molar-refractivity contribution in [1.82, 2.24) is 24.9 Å². The van der Waals surface area contributed by atoms with E-state index in [-0.39, 0.29) is 5.54 Å². The Labute approximate surface area is 182 Å². The first-order valence-corrected chi connectivity index (χ1v) is 10.7. The second-order valence-electron chi connectivity index (χ2n) is 8.04. The highest BCUT2D eigenvalue weighted by Crippen LogP contribution is 2.36. The standard InChI is InChI=1S/C22H23BrN6O/c1-13-3-4-17-14(7-13)8-15(9-25-17)16-10-27-29-20(24)19(23)18(28-21(16)29)11-26-22(5-6-22)12-30-2/h3-4,7-10,26H,5-6,11-12,24H2,1-2H3. The molecule has 3 N–H and O–H groups in total. The largest absolute Gasteiger partial charge is 0.383 e. The second-order valence-corrected chi connectivity index (χ2v) is 8.83. The fourth-order valence-electron chi connectivity index (χ4n) is 3.83. The minimum Gasteiger partial charge on any atom is -0.383 e. The first-order valence-electron chi connectivity index (χ1n) is 9.92. The summed E-state index contributed by atoms with van der Waals surface area (Å²) in [4.78, 5) is 9.52. The number of aryl methyl sites for hydroxylation is 1. The third kappa shape index (κ3) is 3.34. The fourth-order valence-corrected chi connectivity index (χ4v) is 4.23. The summed E-state index contributed by atoms with van der Waals surface area (Å²) in [7, 11) is 1.73. The number of rotatable bonds is 6. The molecule has 1 aromatic carbocycles. The van der Waals surface area contributed by atoms with Crippen LogP contribution < -0.4 is 11.1 Å². The molecule has 0 saturated heterocycles. The molecule has 0 aliphatic heterocycles. The molecule has 4 aromatic rings. The molecule has 3 heterocycles.